The molecule has 1 aromatic carbocycles. The molecule has 0 saturated carbocycles. The van der Waals surface area contributed by atoms with Crippen molar-refractivity contribution in [3.8, 4) is 0 Å². The van der Waals surface area contributed by atoms with Crippen molar-refractivity contribution < 1.29 is 4.74 Å². The van der Waals surface area contributed by atoms with Crippen LogP contribution in [0.4, 0.5) is 0 Å². The van der Waals surface area contributed by atoms with Crippen LogP contribution in [0.5, 0.6) is 0 Å². The standard InChI is InChI=1S/C17H25N3O/c1-4-14-11-15(20(3)19-14)12-16(18)17(21-5-2)13-9-7-6-8-10-13/h6-11,16-17H,4-5,12,18H2,1-3H3. The number of nitrogens with two attached hydrogens (primary N) is 1. The zero-order chi connectivity index (χ0) is 15.2. The summed E-state index contributed by atoms with van der Waals surface area (Å²) in [7, 11) is 1.97. The minimum absolute atomic E-state index is 0.0869. The zero-order valence-corrected chi connectivity index (χ0v) is 13.1. The SMILES string of the molecule is CCOC(c1ccccc1)C(N)Cc1cc(CC)nn1C. The molecule has 0 fully saturated rings. The molecule has 0 aliphatic heterocycles. The second-order valence-electron chi connectivity index (χ2n) is 5.26. The molecule has 2 N–H and O–H groups in total. The van der Waals surface area contributed by atoms with Crippen LogP contribution in [0.15, 0.2) is 36.4 Å². The quantitative estimate of drug-likeness (QED) is 0.851. The molecule has 1 aromatic heterocycles. The van der Waals surface area contributed by atoms with Crippen molar-refractivity contribution in [2.75, 3.05) is 6.61 Å². The monoisotopic (exact) mass is 287 g/mol. The van der Waals surface area contributed by atoms with Crippen LogP contribution in [-0.2, 0) is 24.6 Å². The highest BCUT2D eigenvalue weighted by Gasteiger charge is 2.21. The second kappa shape index (κ2) is 7.38. The summed E-state index contributed by atoms with van der Waals surface area (Å²) >= 11 is 0. The Kier molecular flexibility index (Phi) is 5.53. The molecular weight excluding hydrogens is 262 g/mol. The number of ether oxygens (including phenoxy) is 1. The maximum absolute atomic E-state index is 6.42. The van der Waals surface area contributed by atoms with Crippen molar-refractivity contribution in [3.63, 3.8) is 0 Å². The molecule has 4 heteroatoms. The van der Waals surface area contributed by atoms with E-state index in [1.54, 1.807) is 0 Å². The van der Waals surface area contributed by atoms with Crippen LogP contribution in [0.3, 0.4) is 0 Å². The molecule has 21 heavy (non-hydrogen) atoms. The van der Waals surface area contributed by atoms with E-state index in [9.17, 15) is 0 Å². The molecule has 0 bridgehead atoms. The van der Waals surface area contributed by atoms with Gasteiger partial charge < -0.3 is 10.5 Å². The third kappa shape index (κ3) is 3.93. The molecule has 2 unspecified atom stereocenters. The molecular formula is C17H25N3O. The van der Waals surface area contributed by atoms with E-state index in [2.05, 4.69) is 30.2 Å². The highest BCUT2D eigenvalue weighted by atomic mass is 16.5. The van der Waals surface area contributed by atoms with Gasteiger partial charge in [0, 0.05) is 31.8 Å². The number of hydrogen-bond donors (Lipinski definition) is 1. The molecule has 0 aliphatic rings. The summed E-state index contributed by atoms with van der Waals surface area (Å²) in [5, 5.41) is 4.48. The first kappa shape index (κ1) is 15.7. The van der Waals surface area contributed by atoms with Gasteiger partial charge in [-0.1, -0.05) is 37.3 Å². The van der Waals surface area contributed by atoms with Crippen molar-refractivity contribution in [3.05, 3.63) is 53.3 Å². The number of rotatable bonds is 7. The van der Waals surface area contributed by atoms with Crippen molar-refractivity contribution in [1.82, 2.24) is 9.78 Å². The van der Waals surface area contributed by atoms with Gasteiger partial charge in [-0.2, -0.15) is 5.10 Å². The molecule has 0 saturated heterocycles. The van der Waals surface area contributed by atoms with Crippen LogP contribution in [0.25, 0.3) is 0 Å². The zero-order valence-electron chi connectivity index (χ0n) is 13.1. The molecule has 0 aliphatic carbocycles. The van der Waals surface area contributed by atoms with Gasteiger partial charge >= 0.3 is 0 Å². The Hall–Kier alpha value is -1.65. The third-order valence-electron chi connectivity index (χ3n) is 3.70. The molecule has 2 rings (SSSR count). The summed E-state index contributed by atoms with van der Waals surface area (Å²) < 4.78 is 7.80. The maximum Gasteiger partial charge on any atom is 0.0979 e. The molecule has 2 aromatic rings. The first-order chi connectivity index (χ1) is 10.2. The average molecular weight is 287 g/mol. The van der Waals surface area contributed by atoms with Crippen LogP contribution in [0.2, 0.25) is 0 Å². The lowest BCUT2D eigenvalue weighted by atomic mass is 9.98. The Labute approximate surface area is 126 Å². The summed E-state index contributed by atoms with van der Waals surface area (Å²) in [4.78, 5) is 0. The predicted octanol–water partition coefficient (Wildman–Crippen LogP) is 2.63. The number of aryl methyl sites for hydroxylation is 2. The van der Waals surface area contributed by atoms with Gasteiger partial charge in [0.1, 0.15) is 0 Å². The fourth-order valence-corrected chi connectivity index (χ4v) is 2.57. The Morgan fingerprint density at radius 1 is 1.24 bits per heavy atom. The van der Waals surface area contributed by atoms with Crippen molar-refractivity contribution in [1.29, 1.82) is 0 Å². The summed E-state index contributed by atoms with van der Waals surface area (Å²) in [6, 6.07) is 12.2. The highest BCUT2D eigenvalue weighted by molar-refractivity contribution is 5.20. The highest BCUT2D eigenvalue weighted by Crippen LogP contribution is 2.22. The molecule has 2 atom stereocenters. The largest absolute Gasteiger partial charge is 0.372 e. The molecule has 1 heterocycles. The Morgan fingerprint density at radius 3 is 2.52 bits per heavy atom. The van der Waals surface area contributed by atoms with Gasteiger partial charge in [0.15, 0.2) is 0 Å². The van der Waals surface area contributed by atoms with Crippen molar-refractivity contribution in [2.45, 2.75) is 38.8 Å². The van der Waals surface area contributed by atoms with Crippen LogP contribution < -0.4 is 5.73 Å². The van der Waals surface area contributed by atoms with E-state index in [-0.39, 0.29) is 12.1 Å². The lowest BCUT2D eigenvalue weighted by molar-refractivity contribution is 0.0429. The van der Waals surface area contributed by atoms with E-state index in [0.29, 0.717) is 6.61 Å². The number of hydrogen-bond acceptors (Lipinski definition) is 3. The lowest BCUT2D eigenvalue weighted by Crippen LogP contribution is -2.33. The average Bonchev–Trinajstić information content (AvgIpc) is 2.86. The van der Waals surface area contributed by atoms with E-state index >= 15 is 0 Å². The molecule has 4 nitrogen and oxygen atoms in total. The number of nitrogens with zero attached hydrogens (tertiary/aromatic N) is 2. The second-order valence-corrected chi connectivity index (χ2v) is 5.26. The molecule has 0 spiro atoms. The van der Waals surface area contributed by atoms with E-state index in [4.69, 9.17) is 10.5 Å². The number of benzene rings is 1. The van der Waals surface area contributed by atoms with Crippen LogP contribution in [0, 0.1) is 0 Å². The number of aromatic nitrogens is 2. The first-order valence-corrected chi connectivity index (χ1v) is 7.59. The van der Waals surface area contributed by atoms with Gasteiger partial charge in [-0.3, -0.25) is 4.68 Å². The first-order valence-electron chi connectivity index (χ1n) is 7.59. The molecule has 0 radical (unpaired) electrons. The Balaban J connectivity index is 2.15. The maximum atomic E-state index is 6.42. The van der Waals surface area contributed by atoms with Gasteiger partial charge in [-0.25, -0.2) is 0 Å². The minimum Gasteiger partial charge on any atom is -0.372 e. The van der Waals surface area contributed by atoms with Gasteiger partial charge in [-0.05, 0) is 25.0 Å². The Morgan fingerprint density at radius 2 is 1.95 bits per heavy atom. The molecule has 114 valence electrons. The summed E-state index contributed by atoms with van der Waals surface area (Å²) in [6.45, 7) is 4.76. The van der Waals surface area contributed by atoms with E-state index in [1.807, 2.05) is 36.9 Å². The summed E-state index contributed by atoms with van der Waals surface area (Å²) in [5.41, 5.74) is 9.81. The van der Waals surface area contributed by atoms with E-state index in [1.165, 1.54) is 0 Å². The topological polar surface area (TPSA) is 53.1 Å². The van der Waals surface area contributed by atoms with Gasteiger partial charge in [0.25, 0.3) is 0 Å². The summed E-state index contributed by atoms with van der Waals surface area (Å²) in [5.74, 6) is 0. The van der Waals surface area contributed by atoms with Crippen molar-refractivity contribution in [2.24, 2.45) is 12.8 Å². The van der Waals surface area contributed by atoms with Gasteiger partial charge in [-0.15, -0.1) is 0 Å². The van der Waals surface area contributed by atoms with Crippen LogP contribution in [0.1, 0.15) is 36.9 Å². The Bertz CT molecular complexity index is 550. The normalized spacial score (nSPS) is 14.1. The fraction of sp³-hybridized carbons (Fsp3) is 0.471. The fourth-order valence-electron chi connectivity index (χ4n) is 2.57. The van der Waals surface area contributed by atoms with Crippen LogP contribution >= 0.6 is 0 Å². The molecule has 0 amide bonds. The van der Waals surface area contributed by atoms with E-state index < -0.39 is 0 Å². The van der Waals surface area contributed by atoms with Crippen LogP contribution in [-0.4, -0.2) is 22.4 Å². The lowest BCUT2D eigenvalue weighted by Gasteiger charge is -2.24. The third-order valence-corrected chi connectivity index (χ3v) is 3.70. The van der Waals surface area contributed by atoms with Crippen molar-refractivity contribution >= 4 is 0 Å². The predicted molar refractivity (Wildman–Crippen MR) is 85.1 cm³/mol. The smallest absolute Gasteiger partial charge is 0.0979 e. The van der Waals surface area contributed by atoms with Gasteiger partial charge in [0.05, 0.1) is 11.8 Å². The summed E-state index contributed by atoms with van der Waals surface area (Å²) in [6.07, 6.45) is 1.61. The van der Waals surface area contributed by atoms with Gasteiger partial charge in [0.2, 0.25) is 0 Å². The minimum atomic E-state index is -0.0903. The van der Waals surface area contributed by atoms with E-state index in [0.717, 1.165) is 29.8 Å².